The maximum atomic E-state index is 12.8. The Balaban J connectivity index is 1.91. The summed E-state index contributed by atoms with van der Waals surface area (Å²) in [5.41, 5.74) is 4.20. The van der Waals surface area contributed by atoms with Crippen LogP contribution in [0.4, 0.5) is 5.69 Å². The first-order valence-electron chi connectivity index (χ1n) is 7.62. The van der Waals surface area contributed by atoms with Crippen molar-refractivity contribution in [3.63, 3.8) is 0 Å². The van der Waals surface area contributed by atoms with Gasteiger partial charge in [-0.25, -0.2) is 0 Å². The molecule has 3 rings (SSSR count). The lowest BCUT2D eigenvalue weighted by Gasteiger charge is -2.21. The van der Waals surface area contributed by atoms with E-state index in [0.717, 1.165) is 27.8 Å². The molecular formula is C19H20N2O. The molecule has 3 aromatic rings. The number of carbonyl (C=O) groups excluding carboxylic acids is 1. The molecule has 0 spiro atoms. The fraction of sp³-hybridized carbons (Fsp3) is 0.211. The highest BCUT2D eigenvalue weighted by Crippen LogP contribution is 2.24. The smallest absolute Gasteiger partial charge is 0.231 e. The molecule has 0 aliphatic rings. The summed E-state index contributed by atoms with van der Waals surface area (Å²) in [5, 5.41) is 1.14. The van der Waals surface area contributed by atoms with Crippen molar-refractivity contribution in [2.45, 2.75) is 20.3 Å². The first-order chi connectivity index (χ1) is 10.7. The summed E-state index contributed by atoms with van der Waals surface area (Å²) in [6.45, 7) is 4.71. The number of aromatic amines is 1. The number of H-pyrrole nitrogens is 1. The zero-order chi connectivity index (χ0) is 15.5. The van der Waals surface area contributed by atoms with Crippen LogP contribution in [0.1, 0.15) is 18.2 Å². The third kappa shape index (κ3) is 2.62. The maximum Gasteiger partial charge on any atom is 0.231 e. The second-order valence-electron chi connectivity index (χ2n) is 5.42. The second kappa shape index (κ2) is 6.06. The number of rotatable bonds is 4. The molecular weight excluding hydrogens is 272 g/mol. The summed E-state index contributed by atoms with van der Waals surface area (Å²) < 4.78 is 0. The number of aryl methyl sites for hydroxylation is 1. The van der Waals surface area contributed by atoms with Gasteiger partial charge in [-0.15, -0.1) is 0 Å². The zero-order valence-electron chi connectivity index (χ0n) is 13.0. The van der Waals surface area contributed by atoms with Gasteiger partial charge in [0.25, 0.3) is 0 Å². The Kier molecular flexibility index (Phi) is 3.96. The minimum Gasteiger partial charge on any atom is -0.358 e. The predicted molar refractivity (Wildman–Crippen MR) is 91.2 cm³/mol. The number of amides is 1. The van der Waals surface area contributed by atoms with E-state index in [1.165, 1.54) is 0 Å². The monoisotopic (exact) mass is 292 g/mol. The summed E-state index contributed by atoms with van der Waals surface area (Å²) >= 11 is 0. The summed E-state index contributed by atoms with van der Waals surface area (Å²) in [7, 11) is 0. The number of aromatic nitrogens is 1. The van der Waals surface area contributed by atoms with E-state index in [0.29, 0.717) is 13.0 Å². The number of likely N-dealkylation sites (N-methyl/N-ethyl adjacent to an activating group) is 1. The van der Waals surface area contributed by atoms with E-state index in [-0.39, 0.29) is 5.91 Å². The van der Waals surface area contributed by atoms with Gasteiger partial charge < -0.3 is 9.88 Å². The quantitative estimate of drug-likeness (QED) is 0.773. The molecule has 0 aliphatic carbocycles. The van der Waals surface area contributed by atoms with Gasteiger partial charge >= 0.3 is 0 Å². The van der Waals surface area contributed by atoms with Gasteiger partial charge in [0, 0.05) is 28.8 Å². The van der Waals surface area contributed by atoms with Crippen molar-refractivity contribution < 1.29 is 4.79 Å². The molecule has 0 saturated carbocycles. The molecule has 3 heteroatoms. The summed E-state index contributed by atoms with van der Waals surface area (Å²) in [4.78, 5) is 17.9. The van der Waals surface area contributed by atoms with Gasteiger partial charge in [0.2, 0.25) is 5.91 Å². The molecule has 0 unspecified atom stereocenters. The Labute approximate surface area is 130 Å². The molecule has 0 fully saturated rings. The van der Waals surface area contributed by atoms with Crippen molar-refractivity contribution >= 4 is 22.5 Å². The maximum absolute atomic E-state index is 12.8. The fourth-order valence-electron chi connectivity index (χ4n) is 2.92. The zero-order valence-corrected chi connectivity index (χ0v) is 13.0. The Hall–Kier alpha value is -2.55. The minimum atomic E-state index is 0.126. The average Bonchev–Trinajstić information content (AvgIpc) is 2.85. The van der Waals surface area contributed by atoms with Crippen LogP contribution < -0.4 is 4.90 Å². The number of hydrogen-bond acceptors (Lipinski definition) is 1. The molecule has 0 aliphatic heterocycles. The van der Waals surface area contributed by atoms with Crippen LogP contribution in [0.3, 0.4) is 0 Å². The number of nitrogens with one attached hydrogen (secondary N) is 1. The summed E-state index contributed by atoms with van der Waals surface area (Å²) in [6, 6.07) is 18.0. The standard InChI is InChI=1S/C19H20N2O/c1-3-21(15-9-5-4-6-10-15)19(22)13-17-14(2)20-18-12-8-7-11-16(17)18/h4-12,20H,3,13H2,1-2H3. The SMILES string of the molecule is CCN(C(=O)Cc1c(C)[nH]c2ccccc12)c1ccccc1. The molecule has 1 N–H and O–H groups in total. The van der Waals surface area contributed by atoms with Gasteiger partial charge in [0.05, 0.1) is 6.42 Å². The third-order valence-electron chi connectivity index (χ3n) is 4.04. The van der Waals surface area contributed by atoms with Gasteiger partial charge in [-0.05, 0) is 37.6 Å². The number of benzene rings is 2. The lowest BCUT2D eigenvalue weighted by atomic mass is 10.1. The van der Waals surface area contributed by atoms with Crippen LogP contribution in [0.25, 0.3) is 10.9 Å². The normalized spacial score (nSPS) is 10.8. The number of anilines is 1. The van der Waals surface area contributed by atoms with Crippen LogP contribution in [0.2, 0.25) is 0 Å². The van der Waals surface area contributed by atoms with Crippen molar-refractivity contribution in [3.05, 3.63) is 65.9 Å². The molecule has 22 heavy (non-hydrogen) atoms. The van der Waals surface area contributed by atoms with E-state index in [1.54, 1.807) is 0 Å². The molecule has 0 radical (unpaired) electrons. The van der Waals surface area contributed by atoms with Gasteiger partial charge in [-0.2, -0.15) is 0 Å². The Morgan fingerprint density at radius 1 is 1.05 bits per heavy atom. The van der Waals surface area contributed by atoms with Crippen molar-refractivity contribution in [2.75, 3.05) is 11.4 Å². The highest BCUT2D eigenvalue weighted by Gasteiger charge is 2.17. The molecule has 112 valence electrons. The van der Waals surface area contributed by atoms with E-state index < -0.39 is 0 Å². The van der Waals surface area contributed by atoms with Crippen LogP contribution in [0.5, 0.6) is 0 Å². The molecule has 0 saturated heterocycles. The van der Waals surface area contributed by atoms with Crippen LogP contribution in [-0.2, 0) is 11.2 Å². The van der Waals surface area contributed by atoms with E-state index in [4.69, 9.17) is 0 Å². The number of hydrogen-bond donors (Lipinski definition) is 1. The first kappa shape index (κ1) is 14.4. The second-order valence-corrected chi connectivity index (χ2v) is 5.42. The summed E-state index contributed by atoms with van der Waals surface area (Å²) in [5.74, 6) is 0.126. The topological polar surface area (TPSA) is 36.1 Å². The molecule has 1 heterocycles. The lowest BCUT2D eigenvalue weighted by molar-refractivity contribution is -0.117. The van der Waals surface area contributed by atoms with Gasteiger partial charge in [0.15, 0.2) is 0 Å². The third-order valence-corrected chi connectivity index (χ3v) is 4.04. The highest BCUT2D eigenvalue weighted by molar-refractivity contribution is 5.98. The van der Waals surface area contributed by atoms with E-state index in [9.17, 15) is 4.79 Å². The lowest BCUT2D eigenvalue weighted by Crippen LogP contribution is -2.32. The van der Waals surface area contributed by atoms with Crippen LogP contribution in [-0.4, -0.2) is 17.4 Å². The molecule has 1 aromatic heterocycles. The molecule has 0 bridgehead atoms. The largest absolute Gasteiger partial charge is 0.358 e. The number of nitrogens with zero attached hydrogens (tertiary/aromatic N) is 1. The molecule has 3 nitrogen and oxygen atoms in total. The first-order valence-corrected chi connectivity index (χ1v) is 7.62. The van der Waals surface area contributed by atoms with E-state index >= 15 is 0 Å². The number of fused-ring (bicyclic) bond motifs is 1. The van der Waals surface area contributed by atoms with Crippen LogP contribution in [0.15, 0.2) is 54.6 Å². The summed E-state index contributed by atoms with van der Waals surface area (Å²) in [6.07, 6.45) is 0.415. The van der Waals surface area contributed by atoms with E-state index in [1.807, 2.05) is 67.3 Å². The Morgan fingerprint density at radius 3 is 2.45 bits per heavy atom. The van der Waals surface area contributed by atoms with Crippen LogP contribution >= 0.6 is 0 Å². The highest BCUT2D eigenvalue weighted by atomic mass is 16.2. The molecule has 2 aromatic carbocycles. The van der Waals surface area contributed by atoms with Gasteiger partial charge in [-0.3, -0.25) is 4.79 Å². The van der Waals surface area contributed by atoms with Crippen molar-refractivity contribution in [2.24, 2.45) is 0 Å². The average molecular weight is 292 g/mol. The molecule has 1 amide bonds. The Morgan fingerprint density at radius 2 is 1.73 bits per heavy atom. The number of carbonyl (C=O) groups is 1. The van der Waals surface area contributed by atoms with Crippen molar-refractivity contribution in [3.8, 4) is 0 Å². The van der Waals surface area contributed by atoms with Gasteiger partial charge in [-0.1, -0.05) is 36.4 Å². The Bertz CT molecular complexity index is 790. The van der Waals surface area contributed by atoms with E-state index in [2.05, 4.69) is 11.1 Å². The van der Waals surface area contributed by atoms with Gasteiger partial charge in [0.1, 0.15) is 0 Å². The molecule has 0 atom stereocenters. The predicted octanol–water partition coefficient (Wildman–Crippen LogP) is 4.07. The number of para-hydroxylation sites is 2. The van der Waals surface area contributed by atoms with Crippen molar-refractivity contribution in [1.82, 2.24) is 4.98 Å². The fourth-order valence-corrected chi connectivity index (χ4v) is 2.92. The van der Waals surface area contributed by atoms with Crippen molar-refractivity contribution in [1.29, 1.82) is 0 Å². The van der Waals surface area contributed by atoms with Crippen LogP contribution in [0, 0.1) is 6.92 Å². The minimum absolute atomic E-state index is 0.126.